The number of pyridine rings is 1. The quantitative estimate of drug-likeness (QED) is 0.711. The summed E-state index contributed by atoms with van der Waals surface area (Å²) in [5, 5.41) is 13.1. The highest BCUT2D eigenvalue weighted by Crippen LogP contribution is 2.25. The fraction of sp³-hybridized carbons (Fsp3) is 0.125. The van der Waals surface area contributed by atoms with Gasteiger partial charge in [0.25, 0.3) is 5.91 Å². The number of benzene rings is 1. The topological polar surface area (TPSA) is 66.6 Å². The van der Waals surface area contributed by atoms with E-state index in [0.717, 1.165) is 5.56 Å². The molecular weight excluding hydrogens is 302 g/mol. The third-order valence-corrected chi connectivity index (χ3v) is 3.60. The van der Waals surface area contributed by atoms with Gasteiger partial charge in [-0.1, -0.05) is 17.7 Å². The van der Waals surface area contributed by atoms with E-state index in [0.29, 0.717) is 27.7 Å². The van der Waals surface area contributed by atoms with Crippen molar-refractivity contribution in [3.63, 3.8) is 0 Å². The van der Waals surface area contributed by atoms with Crippen molar-refractivity contribution in [1.82, 2.24) is 9.38 Å². The maximum Gasteiger partial charge on any atom is 0.274 e. The number of nitrogens with zero attached hydrogens (tertiary/aromatic N) is 2. The van der Waals surface area contributed by atoms with E-state index in [9.17, 15) is 9.90 Å². The van der Waals surface area contributed by atoms with Gasteiger partial charge in [-0.25, -0.2) is 4.98 Å². The molecule has 0 saturated carbocycles. The number of aryl methyl sites for hydroxylation is 2. The van der Waals surface area contributed by atoms with Gasteiger partial charge in [-0.2, -0.15) is 0 Å². The van der Waals surface area contributed by atoms with Crippen LogP contribution in [0.3, 0.4) is 0 Å². The maximum absolute atomic E-state index is 12.6. The number of nitrogens with one attached hydrogen (secondary N) is 1. The number of hydrogen-bond donors (Lipinski definition) is 2. The van der Waals surface area contributed by atoms with Crippen LogP contribution in [-0.4, -0.2) is 20.4 Å². The largest absolute Gasteiger partial charge is 0.506 e. The summed E-state index contributed by atoms with van der Waals surface area (Å²) in [5.41, 5.74) is 2.92. The molecule has 22 heavy (non-hydrogen) atoms. The Hall–Kier alpha value is -2.53. The first-order valence-corrected chi connectivity index (χ1v) is 7.08. The summed E-state index contributed by atoms with van der Waals surface area (Å²) in [4.78, 5) is 16.9. The number of phenolic OH excluding ortho intramolecular Hbond substituents is 1. The minimum atomic E-state index is -0.354. The van der Waals surface area contributed by atoms with Crippen LogP contribution >= 0.6 is 11.6 Å². The van der Waals surface area contributed by atoms with E-state index in [4.69, 9.17) is 11.6 Å². The molecule has 0 aliphatic carbocycles. The average molecular weight is 316 g/mol. The lowest BCUT2D eigenvalue weighted by Gasteiger charge is -2.09. The second-order valence-corrected chi connectivity index (χ2v) is 5.53. The van der Waals surface area contributed by atoms with Gasteiger partial charge in [0.15, 0.2) is 0 Å². The molecular formula is C16H14ClN3O2. The maximum atomic E-state index is 12.6. The fourth-order valence-corrected chi connectivity index (χ4v) is 2.50. The van der Waals surface area contributed by atoms with E-state index in [2.05, 4.69) is 10.3 Å². The van der Waals surface area contributed by atoms with Crippen LogP contribution in [0.5, 0.6) is 5.75 Å². The lowest BCUT2D eigenvalue weighted by molar-refractivity contribution is 0.102. The molecule has 0 saturated heterocycles. The van der Waals surface area contributed by atoms with Crippen molar-refractivity contribution in [3.8, 4) is 5.75 Å². The number of aromatic hydroxyl groups is 1. The van der Waals surface area contributed by atoms with E-state index in [1.54, 1.807) is 47.9 Å². The Labute approximate surface area is 132 Å². The zero-order valence-corrected chi connectivity index (χ0v) is 12.8. The molecule has 5 nitrogen and oxygen atoms in total. The third kappa shape index (κ3) is 2.51. The number of amides is 1. The molecule has 112 valence electrons. The summed E-state index contributed by atoms with van der Waals surface area (Å²) in [6.45, 7) is 3.64. The first-order chi connectivity index (χ1) is 10.5. The smallest absolute Gasteiger partial charge is 0.274 e. The Kier molecular flexibility index (Phi) is 3.50. The van der Waals surface area contributed by atoms with E-state index >= 15 is 0 Å². The van der Waals surface area contributed by atoms with Gasteiger partial charge < -0.3 is 10.4 Å². The Balaban J connectivity index is 2.04. The summed E-state index contributed by atoms with van der Waals surface area (Å²) in [5.74, 6) is -0.336. The Bertz CT molecular complexity index is 886. The molecule has 0 aliphatic rings. The zero-order valence-electron chi connectivity index (χ0n) is 12.1. The molecule has 0 radical (unpaired) electrons. The van der Waals surface area contributed by atoms with Crippen molar-refractivity contribution in [1.29, 1.82) is 0 Å². The molecule has 0 bridgehead atoms. The monoisotopic (exact) mass is 315 g/mol. The summed E-state index contributed by atoms with van der Waals surface area (Å²) in [7, 11) is 0. The number of hydrogen-bond acceptors (Lipinski definition) is 3. The van der Waals surface area contributed by atoms with E-state index < -0.39 is 0 Å². The number of fused-ring (bicyclic) bond motifs is 1. The fourth-order valence-electron chi connectivity index (χ4n) is 2.34. The lowest BCUT2D eigenvalue weighted by Crippen LogP contribution is -2.15. The number of aromatic nitrogens is 2. The van der Waals surface area contributed by atoms with Crippen molar-refractivity contribution in [2.24, 2.45) is 0 Å². The highest BCUT2D eigenvalue weighted by molar-refractivity contribution is 6.30. The normalized spacial score (nSPS) is 10.9. The number of carbonyl (C=O) groups excluding carboxylic acids is 1. The molecule has 0 spiro atoms. The minimum Gasteiger partial charge on any atom is -0.506 e. The van der Waals surface area contributed by atoms with Crippen molar-refractivity contribution in [3.05, 3.63) is 58.5 Å². The van der Waals surface area contributed by atoms with Crippen molar-refractivity contribution in [2.75, 3.05) is 5.32 Å². The van der Waals surface area contributed by atoms with E-state index in [-0.39, 0.29) is 11.7 Å². The van der Waals surface area contributed by atoms with E-state index in [1.165, 1.54) is 0 Å². The van der Waals surface area contributed by atoms with Gasteiger partial charge >= 0.3 is 0 Å². The molecule has 2 aromatic heterocycles. The van der Waals surface area contributed by atoms with Crippen LogP contribution in [0.4, 0.5) is 5.69 Å². The molecule has 0 unspecified atom stereocenters. The SMILES string of the molecule is Cc1ccc(O)c(NC(=O)c2c(C)nc3ccc(Cl)cn23)c1. The Morgan fingerprint density at radius 3 is 2.82 bits per heavy atom. The van der Waals surface area contributed by atoms with Gasteiger partial charge in [0.05, 0.1) is 16.4 Å². The summed E-state index contributed by atoms with van der Waals surface area (Å²) in [6, 6.07) is 8.49. The summed E-state index contributed by atoms with van der Waals surface area (Å²) in [6.07, 6.45) is 1.64. The molecule has 6 heteroatoms. The van der Waals surface area contributed by atoms with Crippen LogP contribution in [0.1, 0.15) is 21.7 Å². The van der Waals surface area contributed by atoms with Crippen LogP contribution < -0.4 is 5.32 Å². The molecule has 0 atom stereocenters. The van der Waals surface area contributed by atoms with Gasteiger partial charge in [-0.3, -0.25) is 9.20 Å². The van der Waals surface area contributed by atoms with Gasteiger partial charge in [0.2, 0.25) is 0 Å². The first-order valence-electron chi connectivity index (χ1n) is 6.71. The molecule has 0 fully saturated rings. The number of carbonyl (C=O) groups is 1. The molecule has 1 amide bonds. The van der Waals surface area contributed by atoms with Gasteiger partial charge in [0, 0.05) is 6.20 Å². The lowest BCUT2D eigenvalue weighted by atomic mass is 10.2. The van der Waals surface area contributed by atoms with E-state index in [1.807, 2.05) is 6.92 Å². The summed E-state index contributed by atoms with van der Waals surface area (Å²) < 4.78 is 1.64. The number of phenols is 1. The second-order valence-electron chi connectivity index (χ2n) is 5.10. The van der Waals surface area contributed by atoms with Crippen molar-refractivity contribution in [2.45, 2.75) is 13.8 Å². The van der Waals surface area contributed by atoms with Crippen LogP contribution in [0.25, 0.3) is 5.65 Å². The van der Waals surface area contributed by atoms with Gasteiger partial charge in [-0.15, -0.1) is 0 Å². The highest BCUT2D eigenvalue weighted by Gasteiger charge is 2.18. The molecule has 0 aliphatic heterocycles. The molecule has 2 heterocycles. The molecule has 3 rings (SSSR count). The number of halogens is 1. The van der Waals surface area contributed by atoms with Gasteiger partial charge in [0.1, 0.15) is 17.1 Å². The standard InChI is InChI=1S/C16H14ClN3O2/c1-9-3-5-13(21)12(7-9)19-16(22)15-10(2)18-14-6-4-11(17)8-20(14)15/h3-8,21H,1-2H3,(H,19,22). The zero-order chi connectivity index (χ0) is 15.9. The second kappa shape index (κ2) is 5.35. The summed E-state index contributed by atoms with van der Waals surface area (Å²) >= 11 is 5.99. The predicted molar refractivity (Wildman–Crippen MR) is 85.7 cm³/mol. The third-order valence-electron chi connectivity index (χ3n) is 3.37. The minimum absolute atomic E-state index is 0.0171. The number of rotatable bonds is 2. The Morgan fingerprint density at radius 2 is 2.05 bits per heavy atom. The average Bonchev–Trinajstić information content (AvgIpc) is 2.78. The van der Waals surface area contributed by atoms with Crippen LogP contribution in [-0.2, 0) is 0 Å². The molecule has 2 N–H and O–H groups in total. The predicted octanol–water partition coefficient (Wildman–Crippen LogP) is 3.56. The number of anilines is 1. The van der Waals surface area contributed by atoms with Crippen LogP contribution in [0.15, 0.2) is 36.5 Å². The van der Waals surface area contributed by atoms with Crippen molar-refractivity contribution < 1.29 is 9.90 Å². The molecule has 1 aromatic carbocycles. The highest BCUT2D eigenvalue weighted by atomic mass is 35.5. The van der Waals surface area contributed by atoms with Crippen molar-refractivity contribution >= 4 is 28.8 Å². The Morgan fingerprint density at radius 1 is 1.27 bits per heavy atom. The van der Waals surface area contributed by atoms with Gasteiger partial charge in [-0.05, 0) is 43.7 Å². The first kappa shape index (κ1) is 14.4. The number of imidazole rings is 1. The molecule has 3 aromatic rings. The van der Waals surface area contributed by atoms with Crippen LogP contribution in [0.2, 0.25) is 5.02 Å². The van der Waals surface area contributed by atoms with Crippen LogP contribution in [0, 0.1) is 13.8 Å².